The van der Waals surface area contributed by atoms with Crippen molar-refractivity contribution in [2.24, 2.45) is 0 Å². The van der Waals surface area contributed by atoms with Crippen LogP contribution in [0.1, 0.15) is 34.0 Å². The van der Waals surface area contributed by atoms with E-state index in [0.29, 0.717) is 0 Å². The van der Waals surface area contributed by atoms with Crippen LogP contribution in [0, 0.1) is 6.92 Å². The second kappa shape index (κ2) is 5.63. The molecule has 0 amide bonds. The Balaban J connectivity index is 2.17. The quantitative estimate of drug-likeness (QED) is 0.736. The van der Waals surface area contributed by atoms with Gasteiger partial charge < -0.3 is 0 Å². The summed E-state index contributed by atoms with van der Waals surface area (Å²) in [5.41, 5.74) is 4.47. The third-order valence-corrected chi connectivity index (χ3v) is 3.17. The van der Waals surface area contributed by atoms with Gasteiger partial charge in [-0.25, -0.2) is 0 Å². The standard InChI is InChI=1S/C17H18O/c1-13-8-10-16(17(12-13)14(2)18)11-9-15-6-4-3-5-7-15/h3-8,10,12H,9,11H2,1-2H3. The van der Waals surface area contributed by atoms with Gasteiger partial charge in [-0.2, -0.15) is 0 Å². The molecule has 0 atom stereocenters. The van der Waals surface area contributed by atoms with Crippen LogP contribution in [0.15, 0.2) is 48.5 Å². The Kier molecular flexibility index (Phi) is 3.93. The van der Waals surface area contributed by atoms with Gasteiger partial charge in [0.1, 0.15) is 0 Å². The van der Waals surface area contributed by atoms with E-state index in [1.54, 1.807) is 6.92 Å². The molecule has 0 aliphatic carbocycles. The van der Waals surface area contributed by atoms with Gasteiger partial charge in [0.25, 0.3) is 0 Å². The fourth-order valence-corrected chi connectivity index (χ4v) is 2.16. The maximum Gasteiger partial charge on any atom is 0.160 e. The highest BCUT2D eigenvalue weighted by Gasteiger charge is 2.07. The molecule has 0 radical (unpaired) electrons. The van der Waals surface area contributed by atoms with Crippen LogP contribution in [0.3, 0.4) is 0 Å². The normalized spacial score (nSPS) is 10.3. The first-order valence-electron chi connectivity index (χ1n) is 6.31. The molecule has 0 unspecified atom stereocenters. The van der Waals surface area contributed by atoms with Gasteiger partial charge in [-0.1, -0.05) is 48.0 Å². The van der Waals surface area contributed by atoms with Gasteiger partial charge >= 0.3 is 0 Å². The van der Waals surface area contributed by atoms with E-state index >= 15 is 0 Å². The second-order valence-corrected chi connectivity index (χ2v) is 4.70. The molecular formula is C17H18O. The molecule has 18 heavy (non-hydrogen) atoms. The van der Waals surface area contributed by atoms with Crippen molar-refractivity contribution >= 4 is 5.78 Å². The molecule has 0 bridgehead atoms. The van der Waals surface area contributed by atoms with E-state index in [-0.39, 0.29) is 5.78 Å². The highest BCUT2D eigenvalue weighted by atomic mass is 16.1. The highest BCUT2D eigenvalue weighted by Crippen LogP contribution is 2.15. The van der Waals surface area contributed by atoms with Crippen molar-refractivity contribution < 1.29 is 4.79 Å². The Labute approximate surface area is 108 Å². The van der Waals surface area contributed by atoms with E-state index in [1.165, 1.54) is 5.56 Å². The predicted molar refractivity (Wildman–Crippen MR) is 75.0 cm³/mol. The molecule has 92 valence electrons. The third kappa shape index (κ3) is 3.07. The highest BCUT2D eigenvalue weighted by molar-refractivity contribution is 5.95. The number of benzene rings is 2. The lowest BCUT2D eigenvalue weighted by molar-refractivity contribution is 0.101. The van der Waals surface area contributed by atoms with Gasteiger partial charge in [0, 0.05) is 5.56 Å². The van der Waals surface area contributed by atoms with Crippen LogP contribution in [0.2, 0.25) is 0 Å². The van der Waals surface area contributed by atoms with Crippen molar-refractivity contribution in [3.8, 4) is 0 Å². The van der Waals surface area contributed by atoms with Crippen LogP contribution in [-0.2, 0) is 12.8 Å². The van der Waals surface area contributed by atoms with E-state index < -0.39 is 0 Å². The van der Waals surface area contributed by atoms with Gasteiger partial charge in [0.15, 0.2) is 5.78 Å². The summed E-state index contributed by atoms with van der Waals surface area (Å²) in [6.45, 7) is 3.66. The lowest BCUT2D eigenvalue weighted by atomic mass is 9.96. The van der Waals surface area contributed by atoms with Crippen LogP contribution in [0.25, 0.3) is 0 Å². The first kappa shape index (κ1) is 12.6. The van der Waals surface area contributed by atoms with E-state index in [4.69, 9.17) is 0 Å². The number of carbonyl (C=O) groups is 1. The monoisotopic (exact) mass is 238 g/mol. The summed E-state index contributed by atoms with van der Waals surface area (Å²) in [6.07, 6.45) is 1.89. The number of carbonyl (C=O) groups excluding carboxylic acids is 1. The zero-order valence-electron chi connectivity index (χ0n) is 10.9. The molecule has 2 rings (SSSR count). The van der Waals surface area contributed by atoms with Gasteiger partial charge in [-0.3, -0.25) is 4.79 Å². The number of hydrogen-bond acceptors (Lipinski definition) is 1. The van der Waals surface area contributed by atoms with Crippen LogP contribution in [-0.4, -0.2) is 5.78 Å². The molecule has 0 aliphatic heterocycles. The smallest absolute Gasteiger partial charge is 0.160 e. The Morgan fingerprint density at radius 2 is 1.72 bits per heavy atom. The lowest BCUT2D eigenvalue weighted by Crippen LogP contribution is -2.02. The minimum Gasteiger partial charge on any atom is -0.295 e. The molecule has 0 N–H and O–H groups in total. The van der Waals surface area contributed by atoms with E-state index in [9.17, 15) is 4.79 Å². The Morgan fingerprint density at radius 3 is 2.39 bits per heavy atom. The third-order valence-electron chi connectivity index (χ3n) is 3.17. The minimum atomic E-state index is 0.154. The van der Waals surface area contributed by atoms with Crippen LogP contribution in [0.5, 0.6) is 0 Å². The second-order valence-electron chi connectivity index (χ2n) is 4.70. The molecule has 2 aromatic carbocycles. The van der Waals surface area contributed by atoms with Gasteiger partial charge in [-0.15, -0.1) is 0 Å². The van der Waals surface area contributed by atoms with Crippen molar-refractivity contribution in [2.45, 2.75) is 26.7 Å². The SMILES string of the molecule is CC(=O)c1cc(C)ccc1CCc1ccccc1. The van der Waals surface area contributed by atoms with Gasteiger partial charge in [0.2, 0.25) is 0 Å². The number of hydrogen-bond donors (Lipinski definition) is 0. The molecular weight excluding hydrogens is 220 g/mol. The van der Waals surface area contributed by atoms with Crippen molar-refractivity contribution in [1.29, 1.82) is 0 Å². The Hall–Kier alpha value is -1.89. The van der Waals surface area contributed by atoms with E-state index in [1.807, 2.05) is 19.1 Å². The Bertz CT molecular complexity index is 541. The summed E-state index contributed by atoms with van der Waals surface area (Å²) >= 11 is 0. The van der Waals surface area contributed by atoms with Gasteiger partial charge in [-0.05, 0) is 43.9 Å². The largest absolute Gasteiger partial charge is 0.295 e. The summed E-state index contributed by atoms with van der Waals surface area (Å²) in [4.78, 5) is 11.6. The molecule has 0 heterocycles. The molecule has 2 aromatic rings. The molecule has 0 aromatic heterocycles. The van der Waals surface area contributed by atoms with Gasteiger partial charge in [0.05, 0.1) is 0 Å². The van der Waals surface area contributed by atoms with Crippen molar-refractivity contribution in [3.05, 3.63) is 70.8 Å². The van der Waals surface area contributed by atoms with Crippen molar-refractivity contribution in [1.82, 2.24) is 0 Å². The zero-order chi connectivity index (χ0) is 13.0. The lowest BCUT2D eigenvalue weighted by Gasteiger charge is -2.08. The number of Topliss-reactive ketones (excluding diaryl/α,β-unsaturated/α-hetero) is 1. The number of aryl methyl sites for hydroxylation is 3. The summed E-state index contributed by atoms with van der Waals surface area (Å²) < 4.78 is 0. The number of rotatable bonds is 4. The van der Waals surface area contributed by atoms with Crippen molar-refractivity contribution in [2.75, 3.05) is 0 Å². The van der Waals surface area contributed by atoms with Crippen molar-refractivity contribution in [3.63, 3.8) is 0 Å². The average Bonchev–Trinajstić information content (AvgIpc) is 2.38. The first-order chi connectivity index (χ1) is 8.66. The number of ketones is 1. The predicted octanol–water partition coefficient (Wildman–Crippen LogP) is 3.98. The maximum absolute atomic E-state index is 11.6. The Morgan fingerprint density at radius 1 is 1.00 bits per heavy atom. The molecule has 0 spiro atoms. The fourth-order valence-electron chi connectivity index (χ4n) is 2.16. The summed E-state index contributed by atoms with van der Waals surface area (Å²) in [5.74, 6) is 0.154. The molecule has 0 saturated carbocycles. The van der Waals surface area contributed by atoms with Crippen LogP contribution in [0.4, 0.5) is 0 Å². The summed E-state index contributed by atoms with van der Waals surface area (Å²) in [5, 5.41) is 0. The minimum absolute atomic E-state index is 0.154. The summed E-state index contributed by atoms with van der Waals surface area (Å²) in [6, 6.07) is 16.5. The maximum atomic E-state index is 11.6. The average molecular weight is 238 g/mol. The van der Waals surface area contributed by atoms with E-state index in [2.05, 4.69) is 36.4 Å². The molecule has 0 saturated heterocycles. The first-order valence-corrected chi connectivity index (χ1v) is 6.31. The molecule has 0 fully saturated rings. The van der Waals surface area contributed by atoms with E-state index in [0.717, 1.165) is 29.5 Å². The fraction of sp³-hybridized carbons (Fsp3) is 0.235. The molecule has 1 nitrogen and oxygen atoms in total. The molecule has 1 heteroatoms. The topological polar surface area (TPSA) is 17.1 Å². The van der Waals surface area contributed by atoms with Crippen LogP contribution < -0.4 is 0 Å². The van der Waals surface area contributed by atoms with Crippen LogP contribution >= 0.6 is 0 Å². The summed E-state index contributed by atoms with van der Waals surface area (Å²) in [7, 11) is 0. The molecule has 0 aliphatic rings. The zero-order valence-corrected chi connectivity index (χ0v) is 10.9.